The summed E-state index contributed by atoms with van der Waals surface area (Å²) in [7, 11) is 0. The number of alkyl halides is 5. The van der Waals surface area contributed by atoms with E-state index in [0.717, 1.165) is 24.3 Å². The number of rotatable bonds is 7. The van der Waals surface area contributed by atoms with E-state index in [-0.39, 0.29) is 27.4 Å². The molecule has 0 spiro atoms. The summed E-state index contributed by atoms with van der Waals surface area (Å²) in [6.45, 7) is 0. The molecule has 238 valence electrons. The SMILES string of the molecule is O=C(Nc1c(F)ccc(NC(=O)c2cc(NC(=O)[C@H]3[C@H](c4ccc(F)c(C(F)(F)F)c4)C3(Cl)Cl)ccc2Cl)c1F)c1cccnc1. The molecule has 0 bridgehead atoms. The minimum atomic E-state index is -5.00. The lowest BCUT2D eigenvalue weighted by Gasteiger charge is -2.13. The molecular formula is C30H17Cl3F6N4O3. The van der Waals surface area contributed by atoms with Crippen LogP contribution in [0.4, 0.5) is 43.4 Å². The largest absolute Gasteiger partial charge is 0.419 e. The highest BCUT2D eigenvalue weighted by Gasteiger charge is 2.67. The highest BCUT2D eigenvalue weighted by atomic mass is 35.5. The molecule has 3 aromatic carbocycles. The summed E-state index contributed by atoms with van der Waals surface area (Å²) >= 11 is 18.6. The molecule has 0 saturated heterocycles. The Hall–Kier alpha value is -4.33. The second kappa shape index (κ2) is 12.5. The quantitative estimate of drug-likeness (QED) is 0.134. The molecule has 1 heterocycles. The van der Waals surface area contributed by atoms with Gasteiger partial charge in [-0.15, -0.1) is 23.2 Å². The van der Waals surface area contributed by atoms with E-state index in [2.05, 4.69) is 20.9 Å². The number of nitrogens with one attached hydrogen (secondary N) is 3. The number of benzene rings is 3. The van der Waals surface area contributed by atoms with Gasteiger partial charge in [-0.2, -0.15) is 13.2 Å². The van der Waals surface area contributed by atoms with Gasteiger partial charge in [0, 0.05) is 24.0 Å². The van der Waals surface area contributed by atoms with Gasteiger partial charge in [-0.1, -0.05) is 17.7 Å². The second-order valence-corrected chi connectivity index (χ2v) is 11.8. The van der Waals surface area contributed by atoms with Gasteiger partial charge in [0.2, 0.25) is 5.91 Å². The van der Waals surface area contributed by atoms with E-state index in [9.17, 15) is 36.3 Å². The lowest BCUT2D eigenvalue weighted by atomic mass is 10.0. The van der Waals surface area contributed by atoms with Gasteiger partial charge in [0.15, 0.2) is 5.82 Å². The number of aromatic nitrogens is 1. The molecule has 3 N–H and O–H groups in total. The van der Waals surface area contributed by atoms with Gasteiger partial charge < -0.3 is 16.0 Å². The zero-order valence-corrected chi connectivity index (χ0v) is 24.9. The minimum Gasteiger partial charge on any atom is -0.326 e. The van der Waals surface area contributed by atoms with Crippen LogP contribution in [0, 0.1) is 23.4 Å². The van der Waals surface area contributed by atoms with Crippen LogP contribution in [0.2, 0.25) is 5.02 Å². The van der Waals surface area contributed by atoms with Gasteiger partial charge in [-0.05, 0) is 60.2 Å². The Balaban J connectivity index is 1.32. The zero-order valence-electron chi connectivity index (χ0n) is 22.7. The third-order valence-corrected chi connectivity index (χ3v) is 8.24. The predicted octanol–water partition coefficient (Wildman–Crippen LogP) is 8.20. The van der Waals surface area contributed by atoms with Gasteiger partial charge in [0.1, 0.15) is 21.7 Å². The number of pyridine rings is 1. The Morgan fingerprint density at radius 2 is 1.57 bits per heavy atom. The van der Waals surface area contributed by atoms with Gasteiger partial charge >= 0.3 is 6.18 Å². The number of halogens is 9. The third kappa shape index (κ3) is 6.62. The topological polar surface area (TPSA) is 100 Å². The molecule has 3 amide bonds. The van der Waals surface area contributed by atoms with Crippen LogP contribution in [0.1, 0.15) is 37.8 Å². The molecule has 1 saturated carbocycles. The average Bonchev–Trinajstić information content (AvgIpc) is 3.59. The van der Waals surface area contributed by atoms with Crippen molar-refractivity contribution in [3.8, 4) is 0 Å². The number of anilines is 3. The van der Waals surface area contributed by atoms with Crippen molar-refractivity contribution < 1.29 is 40.7 Å². The van der Waals surface area contributed by atoms with E-state index in [0.29, 0.717) is 12.1 Å². The van der Waals surface area contributed by atoms with Gasteiger partial charge in [0.05, 0.1) is 33.3 Å². The number of nitrogens with zero attached hydrogens (tertiary/aromatic N) is 1. The van der Waals surface area contributed by atoms with Crippen molar-refractivity contribution in [3.63, 3.8) is 0 Å². The fraction of sp³-hybridized carbons (Fsp3) is 0.133. The van der Waals surface area contributed by atoms with Crippen LogP contribution in [-0.2, 0) is 11.0 Å². The predicted molar refractivity (Wildman–Crippen MR) is 159 cm³/mol. The van der Waals surface area contributed by atoms with Crippen LogP contribution in [0.3, 0.4) is 0 Å². The van der Waals surface area contributed by atoms with Crippen molar-refractivity contribution in [1.82, 2.24) is 4.98 Å². The van der Waals surface area contributed by atoms with Crippen LogP contribution in [0.25, 0.3) is 0 Å². The van der Waals surface area contributed by atoms with Crippen LogP contribution >= 0.6 is 34.8 Å². The molecule has 0 radical (unpaired) electrons. The van der Waals surface area contributed by atoms with Gasteiger partial charge in [-0.3, -0.25) is 19.4 Å². The van der Waals surface area contributed by atoms with Crippen LogP contribution in [0.5, 0.6) is 0 Å². The van der Waals surface area contributed by atoms with E-state index in [1.54, 1.807) is 0 Å². The normalized spacial score (nSPS) is 16.8. The number of amides is 3. The van der Waals surface area contributed by atoms with Gasteiger partial charge in [0.25, 0.3) is 11.8 Å². The van der Waals surface area contributed by atoms with Crippen LogP contribution < -0.4 is 16.0 Å². The average molecular weight is 702 g/mol. The highest BCUT2D eigenvalue weighted by molar-refractivity contribution is 6.53. The van der Waals surface area contributed by atoms with Gasteiger partial charge in [-0.25, -0.2) is 13.2 Å². The van der Waals surface area contributed by atoms with Crippen molar-refractivity contribution in [2.45, 2.75) is 16.4 Å². The zero-order chi connectivity index (χ0) is 33.6. The molecular weight excluding hydrogens is 685 g/mol. The first-order valence-electron chi connectivity index (χ1n) is 12.9. The monoisotopic (exact) mass is 700 g/mol. The molecule has 4 aromatic rings. The molecule has 16 heteroatoms. The van der Waals surface area contributed by atoms with E-state index in [1.807, 2.05) is 0 Å². The standard InChI is InChI=1S/C30H17Cl3F6N4O3/c31-18-5-4-15(41-28(46)23-22(29(23,32)33)13-3-6-19(34)17(10-13)30(37,38)39)11-16(18)27(45)42-21-8-7-20(35)25(24(21)36)43-26(44)14-2-1-9-40-12-14/h1-12,22-23H,(H,41,46)(H,42,45)(H,43,44)/t22-,23+/m0/s1. The Labute approximate surface area is 270 Å². The molecule has 1 fully saturated rings. The second-order valence-electron chi connectivity index (χ2n) is 9.98. The summed E-state index contributed by atoms with van der Waals surface area (Å²) in [5.41, 5.74) is -3.30. The molecule has 1 aliphatic rings. The molecule has 1 aromatic heterocycles. The van der Waals surface area contributed by atoms with E-state index in [4.69, 9.17) is 34.8 Å². The molecule has 2 atom stereocenters. The number of hydrogen-bond donors (Lipinski definition) is 3. The number of hydrogen-bond acceptors (Lipinski definition) is 4. The first-order chi connectivity index (χ1) is 21.6. The van der Waals surface area contributed by atoms with Crippen LogP contribution in [0.15, 0.2) is 73.1 Å². The number of carbonyl (C=O) groups is 3. The molecule has 0 unspecified atom stereocenters. The molecule has 46 heavy (non-hydrogen) atoms. The first kappa shape index (κ1) is 33.0. The fourth-order valence-corrected chi connectivity index (χ4v) is 5.69. The maximum Gasteiger partial charge on any atom is 0.419 e. The summed E-state index contributed by atoms with van der Waals surface area (Å²) in [4.78, 5) is 42.3. The fourth-order valence-electron chi connectivity index (χ4n) is 4.65. The maximum absolute atomic E-state index is 15.2. The maximum atomic E-state index is 15.2. The van der Waals surface area contributed by atoms with Crippen LogP contribution in [-0.4, -0.2) is 27.0 Å². The van der Waals surface area contributed by atoms with Crippen molar-refractivity contribution in [1.29, 1.82) is 0 Å². The lowest BCUT2D eigenvalue weighted by molar-refractivity contribution is -0.140. The Morgan fingerprint density at radius 1 is 0.848 bits per heavy atom. The highest BCUT2D eigenvalue weighted by Crippen LogP contribution is 2.65. The van der Waals surface area contributed by atoms with Crippen molar-refractivity contribution >= 4 is 69.6 Å². The smallest absolute Gasteiger partial charge is 0.326 e. The van der Waals surface area contributed by atoms with Crippen molar-refractivity contribution in [3.05, 3.63) is 118 Å². The Kier molecular flexibility index (Phi) is 8.95. The first-order valence-corrected chi connectivity index (χ1v) is 14.1. The van der Waals surface area contributed by atoms with E-state index >= 15 is 4.39 Å². The van der Waals surface area contributed by atoms with E-state index in [1.165, 1.54) is 36.7 Å². The van der Waals surface area contributed by atoms with E-state index < -0.39 is 74.5 Å². The summed E-state index contributed by atoms with van der Waals surface area (Å²) < 4.78 is 81.2. The molecule has 0 aliphatic heterocycles. The molecule has 7 nitrogen and oxygen atoms in total. The Morgan fingerprint density at radius 3 is 2.24 bits per heavy atom. The minimum absolute atomic E-state index is 0.0169. The lowest BCUT2D eigenvalue weighted by Crippen LogP contribution is -2.19. The third-order valence-electron chi connectivity index (χ3n) is 6.97. The van der Waals surface area contributed by atoms with Crippen molar-refractivity contribution in [2.24, 2.45) is 5.92 Å². The van der Waals surface area contributed by atoms with Crippen molar-refractivity contribution in [2.75, 3.05) is 16.0 Å². The molecule has 1 aliphatic carbocycles. The molecule has 5 rings (SSSR count). The summed E-state index contributed by atoms with van der Waals surface area (Å²) in [6, 6.07) is 10.3. The number of carbonyl (C=O) groups excluding carboxylic acids is 3. The summed E-state index contributed by atoms with van der Waals surface area (Å²) in [6.07, 6.45) is -2.42. The summed E-state index contributed by atoms with van der Waals surface area (Å²) in [5.74, 6) is -9.01. The summed E-state index contributed by atoms with van der Waals surface area (Å²) in [5, 5.41) is 6.62. The Bertz CT molecular complexity index is 1880.